The Hall–Kier alpha value is -1.15. The molecule has 16 heavy (non-hydrogen) atoms. The summed E-state index contributed by atoms with van der Waals surface area (Å²) in [7, 11) is 0. The zero-order chi connectivity index (χ0) is 12.1. The molecule has 0 aliphatic heterocycles. The van der Waals surface area contributed by atoms with E-state index in [2.05, 4.69) is 26.1 Å². The molecule has 0 aromatic heterocycles. The van der Waals surface area contributed by atoms with E-state index in [-0.39, 0.29) is 5.82 Å². The van der Waals surface area contributed by atoms with Crippen molar-refractivity contribution in [2.45, 2.75) is 33.7 Å². The largest absolute Gasteiger partial charge is 0.311 e. The molecule has 2 heteroatoms. The molecule has 0 heterocycles. The molecule has 0 saturated heterocycles. The molecular formula is C14H20FN. The van der Waals surface area contributed by atoms with Crippen molar-refractivity contribution in [3.63, 3.8) is 0 Å². The highest BCUT2D eigenvalue weighted by atomic mass is 19.1. The summed E-state index contributed by atoms with van der Waals surface area (Å²) < 4.78 is 13.1. The lowest BCUT2D eigenvalue weighted by atomic mass is 10.0. The van der Waals surface area contributed by atoms with Crippen LogP contribution in [0, 0.1) is 12.7 Å². The van der Waals surface area contributed by atoms with Gasteiger partial charge in [0.25, 0.3) is 0 Å². The molecule has 1 aromatic carbocycles. The third-order valence-corrected chi connectivity index (χ3v) is 2.82. The van der Waals surface area contributed by atoms with E-state index in [1.807, 2.05) is 19.1 Å². The van der Waals surface area contributed by atoms with Gasteiger partial charge in [0.1, 0.15) is 5.82 Å². The predicted octanol–water partition coefficient (Wildman–Crippen LogP) is 3.54. The summed E-state index contributed by atoms with van der Waals surface area (Å²) in [5.74, 6) is -0.180. The topological polar surface area (TPSA) is 12.0 Å². The van der Waals surface area contributed by atoms with Crippen molar-refractivity contribution in [1.82, 2.24) is 5.32 Å². The number of nitrogens with one attached hydrogen (secondary N) is 1. The molecule has 1 aromatic rings. The van der Waals surface area contributed by atoms with Gasteiger partial charge in [0.2, 0.25) is 0 Å². The Morgan fingerprint density at radius 3 is 2.81 bits per heavy atom. The van der Waals surface area contributed by atoms with Gasteiger partial charge >= 0.3 is 0 Å². The van der Waals surface area contributed by atoms with Gasteiger partial charge in [0.05, 0.1) is 0 Å². The fourth-order valence-corrected chi connectivity index (χ4v) is 1.60. The van der Waals surface area contributed by atoms with E-state index in [4.69, 9.17) is 0 Å². The lowest BCUT2D eigenvalue weighted by molar-refractivity contribution is 0.626. The highest BCUT2D eigenvalue weighted by Gasteiger charge is 2.03. The quantitative estimate of drug-likeness (QED) is 0.820. The van der Waals surface area contributed by atoms with Gasteiger partial charge in [-0.05, 0) is 50.6 Å². The minimum atomic E-state index is -0.180. The van der Waals surface area contributed by atoms with Gasteiger partial charge < -0.3 is 5.32 Å². The van der Waals surface area contributed by atoms with Gasteiger partial charge in [0, 0.05) is 6.04 Å². The molecule has 0 saturated carbocycles. The molecule has 0 bridgehead atoms. The molecule has 1 atom stereocenters. The second-order valence-electron chi connectivity index (χ2n) is 4.17. The maximum Gasteiger partial charge on any atom is 0.123 e. The van der Waals surface area contributed by atoms with Crippen molar-refractivity contribution in [2.75, 3.05) is 6.54 Å². The summed E-state index contributed by atoms with van der Waals surface area (Å²) in [6, 6.07) is 5.22. The van der Waals surface area contributed by atoms with E-state index in [9.17, 15) is 4.39 Å². The van der Waals surface area contributed by atoms with Crippen molar-refractivity contribution in [3.05, 3.63) is 40.7 Å². The fraction of sp³-hybridized carbons (Fsp3) is 0.429. The van der Waals surface area contributed by atoms with Crippen molar-refractivity contribution >= 4 is 6.08 Å². The fourth-order valence-electron chi connectivity index (χ4n) is 1.60. The molecule has 88 valence electrons. The highest BCUT2D eigenvalue weighted by Crippen LogP contribution is 2.15. The summed E-state index contributed by atoms with van der Waals surface area (Å²) in [6.07, 6.45) is 2.05. The van der Waals surface area contributed by atoms with Crippen LogP contribution in [-0.2, 0) is 0 Å². The number of rotatable bonds is 4. The van der Waals surface area contributed by atoms with Crippen LogP contribution < -0.4 is 5.32 Å². The van der Waals surface area contributed by atoms with E-state index < -0.39 is 0 Å². The van der Waals surface area contributed by atoms with Gasteiger partial charge in [-0.3, -0.25) is 0 Å². The van der Waals surface area contributed by atoms with Gasteiger partial charge in [-0.2, -0.15) is 0 Å². The predicted molar refractivity (Wildman–Crippen MR) is 67.9 cm³/mol. The molecule has 1 rings (SSSR count). The lowest BCUT2D eigenvalue weighted by Crippen LogP contribution is -2.26. The molecule has 0 fully saturated rings. The van der Waals surface area contributed by atoms with Gasteiger partial charge in [-0.15, -0.1) is 0 Å². The molecule has 0 radical (unpaired) electrons. The van der Waals surface area contributed by atoms with Gasteiger partial charge in [-0.1, -0.05) is 24.6 Å². The Balaban J connectivity index is 2.92. The summed E-state index contributed by atoms with van der Waals surface area (Å²) >= 11 is 0. The summed E-state index contributed by atoms with van der Waals surface area (Å²) in [4.78, 5) is 0. The van der Waals surface area contributed by atoms with Crippen molar-refractivity contribution < 1.29 is 4.39 Å². The maximum atomic E-state index is 13.1. The van der Waals surface area contributed by atoms with Gasteiger partial charge in [0.15, 0.2) is 0 Å². The number of aryl methyl sites for hydroxylation is 1. The SMILES string of the molecule is CCNC(C)/C(C)=C/c1cc(F)ccc1C. The van der Waals surface area contributed by atoms with Crippen LogP contribution in [0.3, 0.4) is 0 Å². The first kappa shape index (κ1) is 12.9. The molecular weight excluding hydrogens is 201 g/mol. The van der Waals surface area contributed by atoms with Crippen LogP contribution in [0.2, 0.25) is 0 Å². The molecule has 1 unspecified atom stereocenters. The zero-order valence-corrected chi connectivity index (χ0v) is 10.5. The maximum absolute atomic E-state index is 13.1. The van der Waals surface area contributed by atoms with Crippen LogP contribution in [0.1, 0.15) is 31.9 Å². The third kappa shape index (κ3) is 3.46. The molecule has 0 spiro atoms. The second-order valence-corrected chi connectivity index (χ2v) is 4.17. The molecule has 0 amide bonds. The van der Waals surface area contributed by atoms with Crippen molar-refractivity contribution in [2.24, 2.45) is 0 Å². The standard InChI is InChI=1S/C14H20FN/c1-5-16-12(4)11(3)8-13-9-14(15)7-6-10(13)2/h6-9,12,16H,5H2,1-4H3/b11-8+. The molecule has 1 N–H and O–H groups in total. The van der Waals surface area contributed by atoms with Crippen LogP contribution in [0.4, 0.5) is 4.39 Å². The Morgan fingerprint density at radius 2 is 2.19 bits per heavy atom. The number of hydrogen-bond donors (Lipinski definition) is 1. The van der Waals surface area contributed by atoms with Crippen LogP contribution in [0.25, 0.3) is 6.08 Å². The zero-order valence-electron chi connectivity index (χ0n) is 10.5. The highest BCUT2D eigenvalue weighted by molar-refractivity contribution is 5.57. The Labute approximate surface area is 97.4 Å². The van der Waals surface area contributed by atoms with E-state index in [1.165, 1.54) is 11.6 Å². The first-order valence-corrected chi connectivity index (χ1v) is 5.72. The van der Waals surface area contributed by atoms with Crippen molar-refractivity contribution in [3.8, 4) is 0 Å². The smallest absolute Gasteiger partial charge is 0.123 e. The minimum absolute atomic E-state index is 0.180. The Kier molecular flexibility index (Phi) is 4.69. The summed E-state index contributed by atoms with van der Waals surface area (Å²) in [5, 5.41) is 3.34. The second kappa shape index (κ2) is 5.80. The number of hydrogen-bond acceptors (Lipinski definition) is 1. The van der Waals surface area contributed by atoms with E-state index in [1.54, 1.807) is 6.07 Å². The van der Waals surface area contributed by atoms with E-state index in [0.29, 0.717) is 6.04 Å². The number of halogens is 1. The minimum Gasteiger partial charge on any atom is -0.311 e. The average molecular weight is 221 g/mol. The van der Waals surface area contributed by atoms with E-state index >= 15 is 0 Å². The summed E-state index contributed by atoms with van der Waals surface area (Å²) in [6.45, 7) is 9.20. The average Bonchev–Trinajstić information content (AvgIpc) is 2.23. The molecule has 0 aliphatic rings. The molecule has 0 aliphatic carbocycles. The summed E-state index contributed by atoms with van der Waals surface area (Å²) in [5.41, 5.74) is 3.28. The van der Waals surface area contributed by atoms with E-state index in [0.717, 1.165) is 17.7 Å². The normalized spacial score (nSPS) is 13.9. The van der Waals surface area contributed by atoms with Crippen LogP contribution in [0.15, 0.2) is 23.8 Å². The number of likely N-dealkylation sites (N-methyl/N-ethyl adjacent to an activating group) is 1. The number of benzene rings is 1. The Bertz CT molecular complexity index is 382. The first-order chi connectivity index (χ1) is 7.54. The Morgan fingerprint density at radius 1 is 1.50 bits per heavy atom. The van der Waals surface area contributed by atoms with Gasteiger partial charge in [-0.25, -0.2) is 4.39 Å². The molecule has 1 nitrogen and oxygen atoms in total. The van der Waals surface area contributed by atoms with Crippen LogP contribution in [0.5, 0.6) is 0 Å². The lowest BCUT2D eigenvalue weighted by Gasteiger charge is -2.13. The third-order valence-electron chi connectivity index (χ3n) is 2.82. The first-order valence-electron chi connectivity index (χ1n) is 5.72. The monoisotopic (exact) mass is 221 g/mol. The van der Waals surface area contributed by atoms with Crippen LogP contribution >= 0.6 is 0 Å². The van der Waals surface area contributed by atoms with Crippen molar-refractivity contribution in [1.29, 1.82) is 0 Å². The van der Waals surface area contributed by atoms with Crippen LogP contribution in [-0.4, -0.2) is 12.6 Å².